The molecule has 1 aromatic heterocycles. The second-order valence-corrected chi connectivity index (χ2v) is 2.85. The van der Waals surface area contributed by atoms with Crippen LogP contribution in [0.5, 0.6) is 0 Å². The maximum Gasteiger partial charge on any atom is 0.255 e. The lowest BCUT2D eigenvalue weighted by Gasteiger charge is -2.15. The van der Waals surface area contributed by atoms with Gasteiger partial charge in [-0.1, -0.05) is 0 Å². The minimum Gasteiger partial charge on any atom is -0.394 e. The summed E-state index contributed by atoms with van der Waals surface area (Å²) in [5.74, 6) is 0.391. The largest absolute Gasteiger partial charge is 0.394 e. The van der Waals surface area contributed by atoms with Crippen LogP contribution in [0.25, 0.3) is 0 Å². The molecule has 6 heteroatoms. The van der Waals surface area contributed by atoms with Crippen molar-refractivity contribution in [3.8, 4) is 0 Å². The van der Waals surface area contributed by atoms with Crippen molar-refractivity contribution in [1.29, 1.82) is 0 Å². The second kappa shape index (κ2) is 3.59. The van der Waals surface area contributed by atoms with E-state index in [2.05, 4.69) is 5.10 Å². The van der Waals surface area contributed by atoms with Crippen LogP contribution in [0, 0.1) is 0 Å². The van der Waals surface area contributed by atoms with Gasteiger partial charge in [-0.15, -0.1) is 0 Å². The molecule has 0 aliphatic carbocycles. The molecule has 1 aromatic rings. The average Bonchev–Trinajstić information content (AvgIpc) is 2.28. The molecule has 0 atom stereocenters. The lowest BCUT2D eigenvalue weighted by molar-refractivity contribution is 0.156. The molecule has 0 aliphatic rings. The van der Waals surface area contributed by atoms with Gasteiger partial charge in [-0.3, -0.25) is 4.68 Å². The lowest BCUT2D eigenvalue weighted by atomic mass is 10.4. The minimum absolute atomic E-state index is 0.360. The molecule has 2 N–H and O–H groups in total. The van der Waals surface area contributed by atoms with Gasteiger partial charge in [0.15, 0.2) is 5.82 Å². The summed E-state index contributed by atoms with van der Waals surface area (Å²) in [5.41, 5.74) is 5.96. The highest BCUT2D eigenvalue weighted by molar-refractivity contribution is 5.61. The van der Waals surface area contributed by atoms with Crippen molar-refractivity contribution in [2.45, 2.75) is 6.43 Å². The zero-order valence-corrected chi connectivity index (χ0v) is 7.54. The zero-order valence-electron chi connectivity index (χ0n) is 7.54. The van der Waals surface area contributed by atoms with Crippen molar-refractivity contribution in [2.75, 3.05) is 24.2 Å². The van der Waals surface area contributed by atoms with Gasteiger partial charge in [0.25, 0.3) is 6.43 Å². The number of hydrogen-bond acceptors (Lipinski definition) is 3. The van der Waals surface area contributed by atoms with Crippen LogP contribution in [0.15, 0.2) is 6.20 Å². The smallest absolute Gasteiger partial charge is 0.255 e. The predicted molar refractivity (Wildman–Crippen MR) is 46.9 cm³/mol. The number of nitrogens with two attached hydrogens (primary N) is 1. The number of hydrogen-bond donors (Lipinski definition) is 1. The first kappa shape index (κ1) is 9.76. The van der Waals surface area contributed by atoms with Gasteiger partial charge in [0.2, 0.25) is 0 Å². The summed E-state index contributed by atoms with van der Waals surface area (Å²) < 4.78 is 25.5. The van der Waals surface area contributed by atoms with Crippen LogP contribution in [0.3, 0.4) is 0 Å². The van der Waals surface area contributed by atoms with Gasteiger partial charge in [0, 0.05) is 20.3 Å². The van der Waals surface area contributed by atoms with Gasteiger partial charge in [-0.25, -0.2) is 8.78 Å². The third kappa shape index (κ3) is 2.30. The van der Waals surface area contributed by atoms with Crippen LogP contribution in [0.1, 0.15) is 0 Å². The Morgan fingerprint density at radius 1 is 1.69 bits per heavy atom. The molecule has 0 spiro atoms. The van der Waals surface area contributed by atoms with E-state index in [-0.39, 0.29) is 6.54 Å². The van der Waals surface area contributed by atoms with Crippen LogP contribution >= 0.6 is 0 Å². The molecule has 0 aliphatic heterocycles. The summed E-state index contributed by atoms with van der Waals surface area (Å²) in [4.78, 5) is 1.33. The van der Waals surface area contributed by atoms with Crippen LogP contribution in [0.2, 0.25) is 0 Å². The van der Waals surface area contributed by atoms with Crippen LogP contribution in [-0.4, -0.2) is 29.8 Å². The van der Waals surface area contributed by atoms with Crippen molar-refractivity contribution in [1.82, 2.24) is 9.78 Å². The third-order valence-corrected chi connectivity index (χ3v) is 1.61. The molecule has 0 fully saturated rings. The van der Waals surface area contributed by atoms with Gasteiger partial charge < -0.3 is 10.6 Å². The zero-order chi connectivity index (χ0) is 10.0. The van der Waals surface area contributed by atoms with E-state index in [0.717, 1.165) is 0 Å². The van der Waals surface area contributed by atoms with E-state index in [1.165, 1.54) is 16.6 Å². The molecule has 0 saturated heterocycles. The Bertz CT molecular complexity index is 284. The maximum atomic E-state index is 12.0. The Hall–Kier alpha value is -1.33. The highest BCUT2D eigenvalue weighted by Crippen LogP contribution is 2.19. The molecular weight excluding hydrogens is 178 g/mol. The summed E-state index contributed by atoms with van der Waals surface area (Å²) in [6, 6.07) is 0. The van der Waals surface area contributed by atoms with Crippen LogP contribution < -0.4 is 10.6 Å². The molecule has 0 bridgehead atoms. The number of aryl methyl sites for hydroxylation is 1. The normalized spacial score (nSPS) is 10.8. The molecule has 1 rings (SSSR count). The topological polar surface area (TPSA) is 47.1 Å². The van der Waals surface area contributed by atoms with Crippen molar-refractivity contribution < 1.29 is 8.78 Å². The number of rotatable bonds is 3. The van der Waals surface area contributed by atoms with E-state index in [1.54, 1.807) is 13.2 Å². The number of aromatic nitrogens is 2. The lowest BCUT2D eigenvalue weighted by Crippen LogP contribution is -2.25. The van der Waals surface area contributed by atoms with Crippen LogP contribution in [-0.2, 0) is 7.05 Å². The van der Waals surface area contributed by atoms with Gasteiger partial charge in [-0.2, -0.15) is 5.10 Å². The van der Waals surface area contributed by atoms with E-state index >= 15 is 0 Å². The first-order valence-corrected chi connectivity index (χ1v) is 3.79. The van der Waals surface area contributed by atoms with E-state index in [4.69, 9.17) is 5.73 Å². The Labute approximate surface area is 74.9 Å². The molecule has 0 unspecified atom stereocenters. The average molecular weight is 190 g/mol. The third-order valence-electron chi connectivity index (χ3n) is 1.61. The minimum atomic E-state index is -2.38. The number of anilines is 2. The first-order valence-electron chi connectivity index (χ1n) is 3.79. The van der Waals surface area contributed by atoms with Crippen molar-refractivity contribution in [3.05, 3.63) is 6.20 Å². The second-order valence-electron chi connectivity index (χ2n) is 2.85. The Kier molecular flexibility index (Phi) is 2.69. The van der Waals surface area contributed by atoms with Crippen molar-refractivity contribution >= 4 is 11.5 Å². The van der Waals surface area contributed by atoms with E-state index in [1.807, 2.05) is 0 Å². The van der Waals surface area contributed by atoms with Crippen molar-refractivity contribution in [3.63, 3.8) is 0 Å². The highest BCUT2D eigenvalue weighted by atomic mass is 19.3. The Balaban J connectivity index is 2.76. The molecule has 74 valence electrons. The predicted octanol–water partition coefficient (Wildman–Crippen LogP) is 0.704. The summed E-state index contributed by atoms with van der Waals surface area (Å²) in [5, 5.41) is 3.95. The fourth-order valence-corrected chi connectivity index (χ4v) is 1.09. The van der Waals surface area contributed by atoms with Crippen LogP contribution in [0.4, 0.5) is 20.3 Å². The summed E-state index contributed by atoms with van der Waals surface area (Å²) in [6.45, 7) is -0.360. The number of nitrogens with zero attached hydrogens (tertiary/aromatic N) is 3. The molecule has 4 nitrogen and oxygen atoms in total. The molecule has 0 aromatic carbocycles. The van der Waals surface area contributed by atoms with Gasteiger partial charge in [-0.05, 0) is 0 Å². The van der Waals surface area contributed by atoms with Gasteiger partial charge >= 0.3 is 0 Å². The number of alkyl halides is 2. The molecule has 1 heterocycles. The quantitative estimate of drug-likeness (QED) is 0.763. The monoisotopic (exact) mass is 190 g/mol. The van der Waals surface area contributed by atoms with Gasteiger partial charge in [0.05, 0.1) is 12.2 Å². The van der Waals surface area contributed by atoms with Gasteiger partial charge in [0.1, 0.15) is 0 Å². The SMILES string of the molecule is CN(CC(F)F)c1nn(C)cc1N. The first-order chi connectivity index (χ1) is 6.00. The maximum absolute atomic E-state index is 12.0. The molecule has 13 heavy (non-hydrogen) atoms. The highest BCUT2D eigenvalue weighted by Gasteiger charge is 2.13. The Morgan fingerprint density at radius 3 is 2.69 bits per heavy atom. The number of halogens is 2. The van der Waals surface area contributed by atoms with E-state index in [9.17, 15) is 8.78 Å². The summed E-state index contributed by atoms with van der Waals surface area (Å²) in [7, 11) is 3.22. The summed E-state index contributed by atoms with van der Waals surface area (Å²) >= 11 is 0. The number of nitrogen functional groups attached to an aromatic ring is 1. The summed E-state index contributed by atoms with van der Waals surface area (Å²) in [6.07, 6.45) is -0.802. The molecule has 0 radical (unpaired) electrons. The standard InChI is InChI=1S/C7H12F2N4/c1-12(4-6(8)9)7-5(10)3-13(2)11-7/h3,6H,4,10H2,1-2H3. The molecule has 0 amide bonds. The molecule has 0 saturated carbocycles. The van der Waals surface area contributed by atoms with E-state index in [0.29, 0.717) is 11.5 Å². The fourth-order valence-electron chi connectivity index (χ4n) is 1.09. The molecular formula is C7H12F2N4. The van der Waals surface area contributed by atoms with Crippen molar-refractivity contribution in [2.24, 2.45) is 7.05 Å². The Morgan fingerprint density at radius 2 is 2.31 bits per heavy atom. The van der Waals surface area contributed by atoms with E-state index < -0.39 is 6.43 Å². The fraction of sp³-hybridized carbons (Fsp3) is 0.571.